The summed E-state index contributed by atoms with van der Waals surface area (Å²) in [5.74, 6) is 1.06. The molecule has 0 unspecified atom stereocenters. The number of nitrogens with zero attached hydrogens (tertiary/aromatic N) is 4. The summed E-state index contributed by atoms with van der Waals surface area (Å²) >= 11 is 0. The number of rotatable bonds is 13. The minimum Gasteiger partial charge on any atom is -0.489 e. The van der Waals surface area contributed by atoms with Crippen molar-refractivity contribution in [3.8, 4) is 5.75 Å². The van der Waals surface area contributed by atoms with Crippen molar-refractivity contribution in [1.82, 2.24) is 19.9 Å². The van der Waals surface area contributed by atoms with Crippen LogP contribution in [0.2, 0.25) is 0 Å². The summed E-state index contributed by atoms with van der Waals surface area (Å²) in [6.07, 6.45) is 5.49. The number of aryl methyl sites for hydroxylation is 1. The van der Waals surface area contributed by atoms with Gasteiger partial charge in [0, 0.05) is 37.0 Å². The second-order valence-corrected chi connectivity index (χ2v) is 11.9. The molecule has 0 radical (unpaired) electrons. The molecule has 10 heteroatoms. The molecule has 0 saturated carbocycles. The van der Waals surface area contributed by atoms with Crippen LogP contribution in [0.25, 0.3) is 5.65 Å². The molecule has 0 aliphatic carbocycles. The van der Waals surface area contributed by atoms with Gasteiger partial charge in [0.15, 0.2) is 17.4 Å². The highest BCUT2D eigenvalue weighted by molar-refractivity contribution is 5.93. The molecule has 3 aromatic rings. The molecule has 0 spiro atoms. The fraction of sp³-hybridized carbons (Fsp3) is 0.471. The average molecular weight is 604 g/mol. The highest BCUT2D eigenvalue weighted by Gasteiger charge is 2.36. The molecule has 1 aliphatic heterocycles. The molecule has 1 aromatic carbocycles. The lowest BCUT2D eigenvalue weighted by Crippen LogP contribution is -2.38. The predicted octanol–water partition coefficient (Wildman–Crippen LogP) is 5.74. The topological polar surface area (TPSA) is 107 Å². The van der Waals surface area contributed by atoms with Gasteiger partial charge in [-0.2, -0.15) is 9.61 Å². The van der Waals surface area contributed by atoms with Gasteiger partial charge in [0.25, 0.3) is 5.91 Å². The van der Waals surface area contributed by atoms with Crippen LogP contribution in [-0.4, -0.2) is 58.4 Å². The van der Waals surface area contributed by atoms with E-state index in [1.165, 1.54) is 0 Å². The predicted molar refractivity (Wildman–Crippen MR) is 171 cm³/mol. The zero-order valence-electron chi connectivity index (χ0n) is 26.6. The Bertz CT molecular complexity index is 1480. The second-order valence-electron chi connectivity index (χ2n) is 11.9. The molecule has 4 rings (SSSR count). The first kappa shape index (κ1) is 32.7. The normalized spacial score (nSPS) is 14.7. The first-order valence-corrected chi connectivity index (χ1v) is 15.3. The molecule has 1 aliphatic rings. The molecule has 2 aromatic heterocycles. The quantitative estimate of drug-likeness (QED) is 0.195. The van der Waals surface area contributed by atoms with Crippen LogP contribution in [-0.2, 0) is 20.8 Å². The second kappa shape index (κ2) is 14.5. The number of piperidine rings is 1. The molecule has 236 valence electrons. The number of para-hydroxylation sites is 1. The first-order valence-electron chi connectivity index (χ1n) is 15.3. The number of hydrogen-bond acceptors (Lipinski definition) is 8. The number of esters is 1. The molecular formula is C34H45N5O5. The maximum atomic E-state index is 13.4. The Labute approximate surface area is 260 Å². The van der Waals surface area contributed by atoms with Crippen LogP contribution in [0.3, 0.4) is 0 Å². The number of ether oxygens (including phenoxy) is 3. The highest BCUT2D eigenvalue weighted by Crippen LogP contribution is 2.37. The van der Waals surface area contributed by atoms with Gasteiger partial charge in [0.1, 0.15) is 18.2 Å². The molecule has 1 atom stereocenters. The van der Waals surface area contributed by atoms with E-state index in [4.69, 9.17) is 24.3 Å². The van der Waals surface area contributed by atoms with E-state index in [2.05, 4.69) is 23.4 Å². The smallest absolute Gasteiger partial charge is 0.340 e. The fourth-order valence-corrected chi connectivity index (χ4v) is 5.45. The van der Waals surface area contributed by atoms with E-state index in [-0.39, 0.29) is 24.8 Å². The van der Waals surface area contributed by atoms with E-state index < -0.39 is 17.7 Å². The number of carbonyl (C=O) groups is 2. The van der Waals surface area contributed by atoms with E-state index in [0.717, 1.165) is 37.9 Å². The fourth-order valence-electron chi connectivity index (χ4n) is 5.45. The molecule has 3 heterocycles. The van der Waals surface area contributed by atoms with Crippen LogP contribution in [0.4, 0.5) is 5.82 Å². The van der Waals surface area contributed by atoms with Crippen molar-refractivity contribution in [1.29, 1.82) is 0 Å². The number of amides is 1. The summed E-state index contributed by atoms with van der Waals surface area (Å²) < 4.78 is 19.2. The Morgan fingerprint density at radius 1 is 1.16 bits per heavy atom. The van der Waals surface area contributed by atoms with Crippen molar-refractivity contribution in [3.63, 3.8) is 0 Å². The Balaban J connectivity index is 1.75. The van der Waals surface area contributed by atoms with Crippen LogP contribution >= 0.6 is 0 Å². The van der Waals surface area contributed by atoms with E-state index in [9.17, 15) is 9.59 Å². The third-order valence-electron chi connectivity index (χ3n) is 7.45. The molecule has 1 N–H and O–H groups in total. The summed E-state index contributed by atoms with van der Waals surface area (Å²) in [6, 6.07) is 9.20. The lowest BCUT2D eigenvalue weighted by atomic mass is 9.93. The molecule has 1 fully saturated rings. The number of fused-ring (bicyclic) bond motifs is 1. The number of allylic oxidation sites excluding steroid dienone is 1. The van der Waals surface area contributed by atoms with Gasteiger partial charge < -0.3 is 24.4 Å². The van der Waals surface area contributed by atoms with Gasteiger partial charge in [-0.05, 0) is 65.9 Å². The van der Waals surface area contributed by atoms with Gasteiger partial charge in [0.2, 0.25) is 0 Å². The lowest BCUT2D eigenvalue weighted by molar-refractivity contribution is -0.166. The molecular weight excluding hydrogens is 558 g/mol. The third kappa shape index (κ3) is 7.85. The van der Waals surface area contributed by atoms with Gasteiger partial charge in [0.05, 0.1) is 17.8 Å². The molecule has 10 nitrogen and oxygen atoms in total. The summed E-state index contributed by atoms with van der Waals surface area (Å²) in [5, 5.41) is 7.71. The maximum absolute atomic E-state index is 13.4. The lowest BCUT2D eigenvalue weighted by Gasteiger charge is -2.36. The number of benzene rings is 1. The van der Waals surface area contributed by atoms with Crippen molar-refractivity contribution < 1.29 is 23.8 Å². The van der Waals surface area contributed by atoms with Crippen molar-refractivity contribution in [3.05, 3.63) is 78.2 Å². The zero-order chi connectivity index (χ0) is 31.9. The first-order chi connectivity index (χ1) is 21.1. The van der Waals surface area contributed by atoms with Crippen molar-refractivity contribution >= 4 is 23.3 Å². The highest BCUT2D eigenvalue weighted by atomic mass is 16.6. The van der Waals surface area contributed by atoms with E-state index in [1.54, 1.807) is 23.6 Å². The number of anilines is 1. The Kier molecular flexibility index (Phi) is 10.8. The van der Waals surface area contributed by atoms with Crippen LogP contribution in [0.1, 0.15) is 80.4 Å². The van der Waals surface area contributed by atoms with Crippen molar-refractivity contribution in [2.75, 3.05) is 31.2 Å². The molecule has 0 bridgehead atoms. The van der Waals surface area contributed by atoms with Gasteiger partial charge in [-0.25, -0.2) is 9.78 Å². The summed E-state index contributed by atoms with van der Waals surface area (Å²) in [7, 11) is 0. The number of nitrogens with one attached hydrogen (secondary N) is 1. The molecule has 1 saturated heterocycles. The minimum absolute atomic E-state index is 0.214. The Morgan fingerprint density at radius 3 is 2.55 bits per heavy atom. The Hall–Kier alpha value is -4.18. The van der Waals surface area contributed by atoms with E-state index >= 15 is 0 Å². The van der Waals surface area contributed by atoms with Gasteiger partial charge in [-0.1, -0.05) is 36.9 Å². The number of hydrogen-bond donors (Lipinski definition) is 1. The molecule has 1 amide bonds. The minimum atomic E-state index is -1.03. The largest absolute Gasteiger partial charge is 0.489 e. The van der Waals surface area contributed by atoms with E-state index in [1.807, 2.05) is 58.0 Å². The van der Waals surface area contributed by atoms with Crippen molar-refractivity contribution in [2.45, 2.75) is 72.1 Å². The average Bonchev–Trinajstić information content (AvgIpc) is 3.41. The van der Waals surface area contributed by atoms with Crippen LogP contribution in [0, 0.1) is 12.8 Å². The van der Waals surface area contributed by atoms with Crippen LogP contribution < -0.4 is 15.0 Å². The van der Waals surface area contributed by atoms with Crippen LogP contribution in [0.15, 0.2) is 55.6 Å². The number of aromatic nitrogens is 3. The Morgan fingerprint density at radius 2 is 1.89 bits per heavy atom. The number of carbonyl (C=O) groups excluding carboxylic acids is 2. The summed E-state index contributed by atoms with van der Waals surface area (Å²) in [5.41, 5.74) is 2.12. The standard InChI is InChI=1S/C34H45N5O5/c1-8-13-24-16-18-38(19-17-24)32-29(30(33(41)42-10-3)44-34(5,6)7)23(4)36-28-21-26(37-39(28)32)31(40)35-22-25-14-11-12-15-27(25)43-20-9-2/h8-9,11-12,14-15,21,24,30H,1-2,10,13,16-20,22H2,3-7H3,(H,35,40)/t30-/m0/s1. The summed E-state index contributed by atoms with van der Waals surface area (Å²) in [4.78, 5) is 33.8. The van der Waals surface area contributed by atoms with Gasteiger partial charge >= 0.3 is 5.97 Å². The summed E-state index contributed by atoms with van der Waals surface area (Å²) in [6.45, 7) is 19.3. The maximum Gasteiger partial charge on any atom is 0.340 e. The van der Waals surface area contributed by atoms with Crippen LogP contribution in [0.5, 0.6) is 5.75 Å². The van der Waals surface area contributed by atoms with Gasteiger partial charge in [-0.15, -0.1) is 6.58 Å². The van der Waals surface area contributed by atoms with Crippen molar-refractivity contribution in [2.24, 2.45) is 5.92 Å². The third-order valence-corrected chi connectivity index (χ3v) is 7.45. The monoisotopic (exact) mass is 603 g/mol. The SMILES string of the molecule is C=CCOc1ccccc1CNC(=O)c1cc2nc(C)c([C@H](OC(C)(C)C)C(=O)OCC)c(N3CCC(CC=C)CC3)n2n1. The van der Waals surface area contributed by atoms with E-state index in [0.29, 0.717) is 41.0 Å². The zero-order valence-corrected chi connectivity index (χ0v) is 26.6. The molecule has 44 heavy (non-hydrogen) atoms. The van der Waals surface area contributed by atoms with Gasteiger partial charge in [-0.3, -0.25) is 4.79 Å².